The molecular formula is C42H30N4O. The third-order valence-corrected chi connectivity index (χ3v) is 9.34. The van der Waals surface area contributed by atoms with E-state index in [9.17, 15) is 0 Å². The van der Waals surface area contributed by atoms with Gasteiger partial charge in [-0.25, -0.2) is 4.98 Å². The number of ether oxygens (including phenoxy) is 1. The molecule has 0 bridgehead atoms. The maximum Gasteiger partial charge on any atom is 0.238 e. The Hall–Kier alpha value is -6.07. The Morgan fingerprint density at radius 3 is 1.81 bits per heavy atom. The van der Waals surface area contributed by atoms with E-state index in [2.05, 4.69) is 122 Å². The van der Waals surface area contributed by atoms with Crippen LogP contribution in [0.2, 0.25) is 0 Å². The molecule has 0 unspecified atom stereocenters. The zero-order valence-corrected chi connectivity index (χ0v) is 26.1. The van der Waals surface area contributed by atoms with Crippen LogP contribution in [0.3, 0.4) is 0 Å². The summed E-state index contributed by atoms with van der Waals surface area (Å²) in [6.45, 7) is 4.53. The highest BCUT2D eigenvalue weighted by molar-refractivity contribution is 6.11. The van der Waals surface area contributed by atoms with Crippen LogP contribution in [0.25, 0.3) is 61.7 Å². The highest BCUT2D eigenvalue weighted by atomic mass is 16.5. The minimum absolute atomic E-state index is 0.264. The molecule has 0 spiro atoms. The van der Waals surface area contributed by atoms with Crippen molar-refractivity contribution in [3.8, 4) is 51.3 Å². The molecule has 0 N–H and O–H groups in total. The molecule has 8 aromatic rings. The smallest absolute Gasteiger partial charge is 0.238 e. The first-order valence-corrected chi connectivity index (χ1v) is 15.9. The second-order valence-electron chi connectivity index (χ2n) is 12.5. The van der Waals surface area contributed by atoms with Gasteiger partial charge in [0.15, 0.2) is 17.4 Å². The lowest BCUT2D eigenvalue weighted by atomic mass is 9.75. The Kier molecular flexibility index (Phi) is 6.09. The number of rotatable bonds is 4. The lowest BCUT2D eigenvalue weighted by Crippen LogP contribution is -2.24. The molecule has 0 amide bonds. The van der Waals surface area contributed by atoms with Gasteiger partial charge in [0.2, 0.25) is 5.95 Å². The lowest BCUT2D eigenvalue weighted by Gasteiger charge is -2.34. The van der Waals surface area contributed by atoms with E-state index >= 15 is 0 Å². The molecule has 224 valence electrons. The van der Waals surface area contributed by atoms with Crippen molar-refractivity contribution in [1.82, 2.24) is 19.5 Å². The van der Waals surface area contributed by atoms with Crippen LogP contribution < -0.4 is 4.74 Å². The predicted octanol–water partition coefficient (Wildman–Crippen LogP) is 10.4. The molecule has 9 rings (SSSR count). The molecule has 0 aliphatic carbocycles. The van der Waals surface area contributed by atoms with E-state index in [1.165, 1.54) is 11.1 Å². The van der Waals surface area contributed by atoms with Gasteiger partial charge in [-0.15, -0.1) is 0 Å². The molecular weight excluding hydrogens is 576 g/mol. The largest absolute Gasteiger partial charge is 0.454 e. The second kappa shape index (κ2) is 10.5. The van der Waals surface area contributed by atoms with Gasteiger partial charge in [-0.05, 0) is 23.3 Å². The number of benzene rings is 6. The summed E-state index contributed by atoms with van der Waals surface area (Å²) in [5, 5.41) is 2.20. The lowest BCUT2D eigenvalue weighted by molar-refractivity contribution is 0.421. The first-order valence-electron chi connectivity index (χ1n) is 15.9. The van der Waals surface area contributed by atoms with Crippen LogP contribution >= 0.6 is 0 Å². The molecule has 0 saturated heterocycles. The summed E-state index contributed by atoms with van der Waals surface area (Å²) in [4.78, 5) is 15.4. The van der Waals surface area contributed by atoms with Crippen LogP contribution in [0.5, 0.6) is 11.5 Å². The van der Waals surface area contributed by atoms with E-state index in [1.54, 1.807) is 0 Å². The van der Waals surface area contributed by atoms with E-state index in [4.69, 9.17) is 19.7 Å². The van der Waals surface area contributed by atoms with Crippen LogP contribution in [0.15, 0.2) is 146 Å². The van der Waals surface area contributed by atoms with Crippen LogP contribution in [-0.2, 0) is 5.41 Å². The summed E-state index contributed by atoms with van der Waals surface area (Å²) in [6.07, 6.45) is 0. The van der Waals surface area contributed by atoms with Crippen molar-refractivity contribution in [2.24, 2.45) is 0 Å². The van der Waals surface area contributed by atoms with Gasteiger partial charge in [0.25, 0.3) is 0 Å². The van der Waals surface area contributed by atoms with Crippen molar-refractivity contribution in [3.05, 3.63) is 157 Å². The molecule has 0 radical (unpaired) electrons. The van der Waals surface area contributed by atoms with Crippen LogP contribution in [0.1, 0.15) is 25.0 Å². The molecule has 0 fully saturated rings. The van der Waals surface area contributed by atoms with E-state index in [0.717, 1.165) is 55.6 Å². The Morgan fingerprint density at radius 2 is 1.06 bits per heavy atom. The molecule has 5 heteroatoms. The Morgan fingerprint density at radius 1 is 0.489 bits per heavy atom. The summed E-state index contributed by atoms with van der Waals surface area (Å²) >= 11 is 0. The SMILES string of the molecule is CC1(C)c2ccccc2Oc2c1ccc1c3ccccc3n(-c3nc(-c4ccccc4)nc(-c4ccc(-c5ccccc5)cc4)n3)c21. The van der Waals surface area contributed by atoms with Gasteiger partial charge in [-0.3, -0.25) is 4.57 Å². The number of aromatic nitrogens is 4. The average Bonchev–Trinajstić information content (AvgIpc) is 3.47. The number of hydrogen-bond acceptors (Lipinski definition) is 4. The molecule has 0 atom stereocenters. The molecule has 6 aromatic carbocycles. The van der Waals surface area contributed by atoms with Crippen molar-refractivity contribution in [2.75, 3.05) is 0 Å². The van der Waals surface area contributed by atoms with E-state index in [0.29, 0.717) is 17.6 Å². The maximum atomic E-state index is 6.81. The van der Waals surface area contributed by atoms with Crippen molar-refractivity contribution in [2.45, 2.75) is 19.3 Å². The van der Waals surface area contributed by atoms with Gasteiger partial charge in [0, 0.05) is 38.4 Å². The highest BCUT2D eigenvalue weighted by Crippen LogP contribution is 2.52. The molecule has 2 aromatic heterocycles. The molecule has 1 aliphatic heterocycles. The van der Waals surface area contributed by atoms with Gasteiger partial charge in [-0.2, -0.15) is 9.97 Å². The first kappa shape index (κ1) is 27.3. The molecule has 3 heterocycles. The number of fused-ring (bicyclic) bond motifs is 6. The minimum atomic E-state index is -0.264. The zero-order chi connectivity index (χ0) is 31.5. The minimum Gasteiger partial charge on any atom is -0.454 e. The Bertz CT molecular complexity index is 2450. The molecule has 47 heavy (non-hydrogen) atoms. The summed E-state index contributed by atoms with van der Waals surface area (Å²) in [7, 11) is 0. The number of nitrogens with zero attached hydrogens (tertiary/aromatic N) is 4. The fourth-order valence-corrected chi connectivity index (χ4v) is 6.91. The summed E-state index contributed by atoms with van der Waals surface area (Å²) in [6, 6.07) is 50.1. The third kappa shape index (κ3) is 4.35. The Labute approximate surface area is 272 Å². The van der Waals surface area contributed by atoms with E-state index in [-0.39, 0.29) is 5.41 Å². The maximum absolute atomic E-state index is 6.81. The average molecular weight is 607 g/mol. The normalized spacial score (nSPS) is 13.2. The quantitative estimate of drug-likeness (QED) is 0.200. The van der Waals surface area contributed by atoms with Crippen molar-refractivity contribution in [1.29, 1.82) is 0 Å². The van der Waals surface area contributed by atoms with Crippen molar-refractivity contribution < 1.29 is 4.74 Å². The fourth-order valence-electron chi connectivity index (χ4n) is 6.91. The Balaban J connectivity index is 1.31. The number of para-hydroxylation sites is 2. The summed E-state index contributed by atoms with van der Waals surface area (Å²) in [5.74, 6) is 3.46. The first-order chi connectivity index (χ1) is 23.1. The molecule has 0 saturated carbocycles. The standard InChI is InChI=1S/C42H30N4O/c1-42(2)33-18-10-12-20-36(33)47-38-34(42)26-25-32-31-17-9-11-19-35(31)46(37(32)38)41-44-39(29-15-7-4-8-16-29)43-40(45-41)30-23-21-28(22-24-30)27-13-5-3-6-14-27/h3-26H,1-2H3. The fraction of sp³-hybridized carbons (Fsp3) is 0.0714. The van der Waals surface area contributed by atoms with Crippen LogP contribution in [0, 0.1) is 0 Å². The van der Waals surface area contributed by atoms with Gasteiger partial charge in [0.1, 0.15) is 11.3 Å². The van der Waals surface area contributed by atoms with Gasteiger partial charge in [-0.1, -0.05) is 147 Å². The van der Waals surface area contributed by atoms with Crippen LogP contribution in [0.4, 0.5) is 0 Å². The van der Waals surface area contributed by atoms with Gasteiger partial charge < -0.3 is 4.74 Å². The molecule has 5 nitrogen and oxygen atoms in total. The number of hydrogen-bond donors (Lipinski definition) is 0. The van der Waals surface area contributed by atoms with E-state index in [1.807, 2.05) is 42.5 Å². The summed E-state index contributed by atoms with van der Waals surface area (Å²) in [5.41, 5.74) is 8.13. The van der Waals surface area contributed by atoms with Gasteiger partial charge in [0.05, 0.1) is 5.52 Å². The van der Waals surface area contributed by atoms with Crippen molar-refractivity contribution in [3.63, 3.8) is 0 Å². The van der Waals surface area contributed by atoms with Crippen LogP contribution in [-0.4, -0.2) is 19.5 Å². The monoisotopic (exact) mass is 606 g/mol. The summed E-state index contributed by atoms with van der Waals surface area (Å²) < 4.78 is 8.97. The predicted molar refractivity (Wildman–Crippen MR) is 189 cm³/mol. The highest BCUT2D eigenvalue weighted by Gasteiger charge is 2.36. The van der Waals surface area contributed by atoms with E-state index < -0.39 is 0 Å². The van der Waals surface area contributed by atoms with Gasteiger partial charge >= 0.3 is 0 Å². The van der Waals surface area contributed by atoms with Crippen molar-refractivity contribution >= 4 is 21.8 Å². The molecule has 1 aliphatic rings. The third-order valence-electron chi connectivity index (χ3n) is 9.34. The topological polar surface area (TPSA) is 52.8 Å². The zero-order valence-electron chi connectivity index (χ0n) is 26.1. The second-order valence-corrected chi connectivity index (χ2v) is 12.5.